The molecule has 5 nitrogen and oxygen atoms in total. The minimum absolute atomic E-state index is 0.146. The van der Waals surface area contributed by atoms with Crippen LogP contribution in [0.1, 0.15) is 52.3 Å². The van der Waals surface area contributed by atoms with E-state index < -0.39 is 6.29 Å². The first-order valence-corrected chi connectivity index (χ1v) is 10.5. The lowest BCUT2D eigenvalue weighted by Crippen LogP contribution is -2.18. The summed E-state index contributed by atoms with van der Waals surface area (Å²) >= 11 is 1.71. The number of anilines is 1. The van der Waals surface area contributed by atoms with E-state index in [2.05, 4.69) is 63.1 Å². The summed E-state index contributed by atoms with van der Waals surface area (Å²) in [6.07, 6.45) is 2.34. The molecule has 0 bridgehead atoms. The van der Waals surface area contributed by atoms with E-state index in [1.54, 1.807) is 18.3 Å². The zero-order chi connectivity index (χ0) is 22.2. The van der Waals surface area contributed by atoms with Gasteiger partial charge in [-0.25, -0.2) is 0 Å². The molecule has 2 rings (SSSR count). The van der Waals surface area contributed by atoms with Crippen molar-refractivity contribution in [3.63, 3.8) is 0 Å². The molecular weight excluding hydrogens is 384 g/mol. The first kappa shape index (κ1) is 24.8. The highest BCUT2D eigenvalue weighted by molar-refractivity contribution is 7.19. The van der Waals surface area contributed by atoms with Crippen molar-refractivity contribution in [1.29, 1.82) is 5.26 Å². The molecule has 2 N–H and O–H groups in total. The van der Waals surface area contributed by atoms with Crippen LogP contribution in [0.15, 0.2) is 29.8 Å². The second kappa shape index (κ2) is 11.1. The Kier molecular flexibility index (Phi) is 9.51. The highest BCUT2D eigenvalue weighted by Crippen LogP contribution is 2.33. The molecule has 0 aliphatic heterocycles. The number of ketones is 1. The molecule has 1 aromatic heterocycles. The predicted molar refractivity (Wildman–Crippen MR) is 122 cm³/mol. The van der Waals surface area contributed by atoms with E-state index in [0.29, 0.717) is 6.42 Å². The number of nitrogens with zero attached hydrogens (tertiary/aromatic N) is 2. The zero-order valence-electron chi connectivity index (χ0n) is 18.2. The maximum absolute atomic E-state index is 11.1. The number of hydrogen-bond donors (Lipinski definition) is 2. The molecule has 0 aliphatic carbocycles. The van der Waals surface area contributed by atoms with Crippen LogP contribution in [-0.2, 0) is 4.79 Å². The van der Waals surface area contributed by atoms with E-state index in [4.69, 9.17) is 10.2 Å². The van der Waals surface area contributed by atoms with Gasteiger partial charge in [-0.3, -0.25) is 0 Å². The number of benzene rings is 1. The van der Waals surface area contributed by atoms with Crippen LogP contribution in [0.25, 0.3) is 16.2 Å². The van der Waals surface area contributed by atoms with Crippen LogP contribution >= 0.6 is 11.3 Å². The van der Waals surface area contributed by atoms with Crippen LogP contribution in [0.5, 0.6) is 0 Å². The monoisotopic (exact) mass is 416 g/mol. The van der Waals surface area contributed by atoms with Gasteiger partial charge >= 0.3 is 0 Å². The van der Waals surface area contributed by atoms with Gasteiger partial charge in [-0.1, -0.05) is 26.8 Å². The van der Waals surface area contributed by atoms with Gasteiger partial charge in [-0.05, 0) is 55.3 Å². The van der Waals surface area contributed by atoms with E-state index in [0.717, 1.165) is 29.1 Å². The van der Waals surface area contributed by atoms with Crippen molar-refractivity contribution in [3.8, 4) is 6.07 Å². The smallest absolute Gasteiger partial charge is 0.148 e. The SMILES string of the molecule is CC(=O)CCCN(C)c1ccc2cc(/C=C(\C#N)C(C)(C)C)sc2c1.CC(O)O. The third kappa shape index (κ3) is 8.78. The topological polar surface area (TPSA) is 84.6 Å². The van der Waals surface area contributed by atoms with E-state index >= 15 is 0 Å². The summed E-state index contributed by atoms with van der Waals surface area (Å²) in [6.45, 7) is 9.96. The quantitative estimate of drug-likeness (QED) is 0.513. The van der Waals surface area contributed by atoms with E-state index in [1.165, 1.54) is 17.0 Å². The molecule has 158 valence electrons. The van der Waals surface area contributed by atoms with Crippen molar-refractivity contribution in [3.05, 3.63) is 34.7 Å². The molecule has 2 aromatic rings. The molecular formula is C23H32N2O3S. The molecule has 0 unspecified atom stereocenters. The van der Waals surface area contributed by atoms with Crippen LogP contribution in [-0.4, -0.2) is 35.9 Å². The largest absolute Gasteiger partial charge is 0.375 e. The molecule has 0 radical (unpaired) electrons. The van der Waals surface area contributed by atoms with Gasteiger partial charge < -0.3 is 19.9 Å². The number of carbonyl (C=O) groups excluding carboxylic acids is 1. The summed E-state index contributed by atoms with van der Waals surface area (Å²) in [5.41, 5.74) is 1.80. The summed E-state index contributed by atoms with van der Waals surface area (Å²) < 4.78 is 1.22. The molecule has 1 heterocycles. The second-order valence-electron chi connectivity index (χ2n) is 8.15. The van der Waals surface area contributed by atoms with E-state index in [9.17, 15) is 10.1 Å². The number of nitriles is 1. The maximum atomic E-state index is 11.1. The second-order valence-corrected chi connectivity index (χ2v) is 9.27. The fourth-order valence-corrected chi connectivity index (χ4v) is 3.64. The first-order chi connectivity index (χ1) is 13.4. The summed E-state index contributed by atoms with van der Waals surface area (Å²) in [7, 11) is 2.06. The van der Waals surface area contributed by atoms with Gasteiger partial charge in [0.2, 0.25) is 0 Å². The van der Waals surface area contributed by atoms with Crippen molar-refractivity contribution in [2.24, 2.45) is 5.41 Å². The Morgan fingerprint density at radius 2 is 1.93 bits per heavy atom. The van der Waals surface area contributed by atoms with Crippen molar-refractivity contribution >= 4 is 39.0 Å². The number of Topliss-reactive ketones (excluding diaryl/α,β-unsaturated/α-hetero) is 1. The summed E-state index contributed by atoms with van der Waals surface area (Å²) in [5, 5.41) is 25.8. The molecule has 0 saturated carbocycles. The summed E-state index contributed by atoms with van der Waals surface area (Å²) in [4.78, 5) is 14.4. The molecule has 6 heteroatoms. The maximum Gasteiger partial charge on any atom is 0.148 e. The number of aliphatic hydroxyl groups is 2. The Morgan fingerprint density at radius 3 is 2.45 bits per heavy atom. The number of thiophene rings is 1. The van der Waals surface area contributed by atoms with Crippen LogP contribution in [0, 0.1) is 16.7 Å². The van der Waals surface area contributed by atoms with Gasteiger partial charge in [-0.15, -0.1) is 11.3 Å². The average Bonchev–Trinajstić information content (AvgIpc) is 2.99. The number of rotatable bonds is 6. The Morgan fingerprint density at radius 1 is 1.31 bits per heavy atom. The lowest BCUT2D eigenvalue weighted by Gasteiger charge is -2.19. The highest BCUT2D eigenvalue weighted by Gasteiger charge is 2.17. The van der Waals surface area contributed by atoms with E-state index in [1.807, 2.05) is 6.08 Å². The van der Waals surface area contributed by atoms with E-state index in [-0.39, 0.29) is 11.2 Å². The first-order valence-electron chi connectivity index (χ1n) is 9.66. The number of hydrogen-bond acceptors (Lipinski definition) is 6. The van der Waals surface area contributed by atoms with Crippen LogP contribution in [0.3, 0.4) is 0 Å². The lowest BCUT2D eigenvalue weighted by molar-refractivity contribution is -0.117. The third-order valence-corrected chi connectivity index (χ3v) is 5.25. The van der Waals surface area contributed by atoms with Gasteiger partial charge in [0, 0.05) is 40.9 Å². The standard InChI is InChI=1S/C21H26N2OS.C2H6O2/c1-15(24)7-6-10-23(5)18-9-8-16-11-19(25-20(16)13-18)12-17(14-22)21(2,3)4;1-2(3)4/h8-9,11-13H,6-7,10H2,1-5H3;2-4H,1H3/b17-12+;. The molecule has 0 fully saturated rings. The van der Waals surface area contributed by atoms with Gasteiger partial charge in [0.05, 0.1) is 6.07 Å². The fourth-order valence-electron chi connectivity index (χ4n) is 2.60. The molecule has 0 aliphatic rings. The summed E-state index contributed by atoms with van der Waals surface area (Å²) in [6, 6.07) is 10.9. The van der Waals surface area contributed by atoms with Crippen molar-refractivity contribution in [2.75, 3.05) is 18.5 Å². The number of aliphatic hydroxyl groups excluding tert-OH is 1. The normalized spacial score (nSPS) is 11.8. The van der Waals surface area contributed by atoms with Gasteiger partial charge in [-0.2, -0.15) is 5.26 Å². The summed E-state index contributed by atoms with van der Waals surface area (Å²) in [5.74, 6) is 0.241. The van der Waals surface area contributed by atoms with Gasteiger partial charge in [0.1, 0.15) is 12.1 Å². The number of carbonyl (C=O) groups is 1. The highest BCUT2D eigenvalue weighted by atomic mass is 32.1. The minimum Gasteiger partial charge on any atom is -0.375 e. The minimum atomic E-state index is -1.17. The predicted octanol–water partition coefficient (Wildman–Crippen LogP) is 4.98. The van der Waals surface area contributed by atoms with Gasteiger partial charge in [0.15, 0.2) is 0 Å². The van der Waals surface area contributed by atoms with Crippen LogP contribution in [0.2, 0.25) is 0 Å². The number of allylic oxidation sites excluding steroid dienone is 1. The number of fused-ring (bicyclic) bond motifs is 1. The lowest BCUT2D eigenvalue weighted by atomic mass is 9.87. The Balaban J connectivity index is 0.000000960. The zero-order valence-corrected chi connectivity index (χ0v) is 19.0. The van der Waals surface area contributed by atoms with Crippen molar-refractivity contribution < 1.29 is 15.0 Å². The molecule has 29 heavy (non-hydrogen) atoms. The fraction of sp³-hybridized carbons (Fsp3) is 0.478. The molecule has 0 saturated heterocycles. The van der Waals surface area contributed by atoms with Crippen LogP contribution in [0.4, 0.5) is 5.69 Å². The van der Waals surface area contributed by atoms with Crippen molar-refractivity contribution in [1.82, 2.24) is 0 Å². The molecule has 1 aromatic carbocycles. The molecule has 0 amide bonds. The average molecular weight is 417 g/mol. The molecule has 0 spiro atoms. The third-order valence-electron chi connectivity index (χ3n) is 4.20. The van der Waals surface area contributed by atoms with Gasteiger partial charge in [0.25, 0.3) is 0 Å². The van der Waals surface area contributed by atoms with Crippen LogP contribution < -0.4 is 4.90 Å². The van der Waals surface area contributed by atoms with Crippen molar-refractivity contribution in [2.45, 2.75) is 53.8 Å². The Labute approximate surface area is 177 Å². The molecule has 0 atom stereocenters. The Bertz CT molecular complexity index is 883. The Hall–Kier alpha value is -2.20.